The van der Waals surface area contributed by atoms with Crippen molar-refractivity contribution in [3.63, 3.8) is 0 Å². The smallest absolute Gasteiger partial charge is 0.0579 e. The predicted octanol–water partition coefficient (Wildman–Crippen LogP) is 3.86. The van der Waals surface area contributed by atoms with Gasteiger partial charge in [0, 0.05) is 16.0 Å². The van der Waals surface area contributed by atoms with Crippen molar-refractivity contribution in [2.24, 2.45) is 11.8 Å². The molecule has 0 radical (unpaired) electrons. The molecule has 0 spiro atoms. The van der Waals surface area contributed by atoms with E-state index in [0.29, 0.717) is 22.9 Å². The molecule has 0 saturated heterocycles. The molecule has 0 aliphatic heterocycles. The second-order valence-corrected chi connectivity index (χ2v) is 7.98. The fourth-order valence-corrected chi connectivity index (χ4v) is 5.46. The molecule has 5 unspecified atom stereocenters. The first-order valence-corrected chi connectivity index (χ1v) is 9.01. The maximum Gasteiger partial charge on any atom is 0.0579 e. The van der Waals surface area contributed by atoms with Crippen LogP contribution in [0, 0.1) is 11.8 Å². The first-order chi connectivity index (χ1) is 9.52. The fourth-order valence-electron chi connectivity index (χ4n) is 3.40. The van der Waals surface area contributed by atoms with Crippen molar-refractivity contribution in [3.05, 3.63) is 29.3 Å². The van der Waals surface area contributed by atoms with Crippen molar-refractivity contribution in [2.45, 2.75) is 49.8 Å². The Morgan fingerprint density at radius 2 is 2.10 bits per heavy atom. The van der Waals surface area contributed by atoms with Gasteiger partial charge < -0.3 is 5.32 Å². The van der Waals surface area contributed by atoms with Crippen LogP contribution in [-0.2, 0) is 10.8 Å². The van der Waals surface area contributed by atoms with Gasteiger partial charge in [-0.25, -0.2) is 0 Å². The van der Waals surface area contributed by atoms with Crippen LogP contribution >= 0.6 is 11.6 Å². The molecule has 0 amide bonds. The average Bonchev–Trinajstić information content (AvgIpc) is 2.38. The van der Waals surface area contributed by atoms with E-state index in [1.807, 2.05) is 24.3 Å². The van der Waals surface area contributed by atoms with Crippen LogP contribution in [-0.4, -0.2) is 22.0 Å². The van der Waals surface area contributed by atoms with Gasteiger partial charge >= 0.3 is 0 Å². The minimum atomic E-state index is -1.00. The van der Waals surface area contributed by atoms with Crippen molar-refractivity contribution in [1.29, 1.82) is 0 Å². The predicted molar refractivity (Wildman–Crippen MR) is 86.7 cm³/mol. The van der Waals surface area contributed by atoms with E-state index in [1.54, 1.807) is 0 Å². The second-order valence-electron chi connectivity index (χ2n) is 5.94. The molecule has 0 aromatic heterocycles. The molecule has 1 fully saturated rings. The Labute approximate surface area is 129 Å². The van der Waals surface area contributed by atoms with Gasteiger partial charge in [0.1, 0.15) is 0 Å². The summed E-state index contributed by atoms with van der Waals surface area (Å²) in [7, 11) is -1.00. The largest absolute Gasteiger partial charge is 0.313 e. The van der Waals surface area contributed by atoms with Crippen molar-refractivity contribution in [1.82, 2.24) is 5.32 Å². The summed E-state index contributed by atoms with van der Waals surface area (Å²) in [6, 6.07) is 7.81. The lowest BCUT2D eigenvalue weighted by Gasteiger charge is -2.39. The molecular formula is C16H24ClNOS. The monoisotopic (exact) mass is 313 g/mol. The van der Waals surface area contributed by atoms with Crippen molar-refractivity contribution in [3.8, 4) is 0 Å². The lowest BCUT2D eigenvalue weighted by Crippen LogP contribution is -2.50. The SMILES string of the molecule is CCNC1CC(C)CC(C)C1S(=O)c1cccc(Cl)c1. The van der Waals surface area contributed by atoms with E-state index in [2.05, 4.69) is 26.1 Å². The highest BCUT2D eigenvalue weighted by Crippen LogP contribution is 2.34. The summed E-state index contributed by atoms with van der Waals surface area (Å²) in [5.74, 6) is 1.16. The highest BCUT2D eigenvalue weighted by atomic mass is 35.5. The van der Waals surface area contributed by atoms with Gasteiger partial charge in [0.15, 0.2) is 0 Å². The van der Waals surface area contributed by atoms with E-state index < -0.39 is 10.8 Å². The van der Waals surface area contributed by atoms with Crippen LogP contribution in [0.5, 0.6) is 0 Å². The number of halogens is 1. The molecule has 5 atom stereocenters. The number of hydrogen-bond donors (Lipinski definition) is 1. The molecule has 4 heteroatoms. The fraction of sp³-hybridized carbons (Fsp3) is 0.625. The Hall–Kier alpha value is -0.380. The standard InChI is InChI=1S/C16H24ClNOS/c1-4-18-15-9-11(2)8-12(3)16(15)20(19)14-7-5-6-13(17)10-14/h5-7,10-12,15-16,18H,4,8-9H2,1-3H3. The summed E-state index contributed by atoms with van der Waals surface area (Å²) in [4.78, 5) is 0.854. The van der Waals surface area contributed by atoms with Gasteiger partial charge in [-0.15, -0.1) is 0 Å². The molecule has 1 aromatic carbocycles. The highest BCUT2D eigenvalue weighted by Gasteiger charge is 2.37. The van der Waals surface area contributed by atoms with Gasteiger partial charge in [0.25, 0.3) is 0 Å². The summed E-state index contributed by atoms with van der Waals surface area (Å²) in [6.07, 6.45) is 2.26. The third-order valence-electron chi connectivity index (χ3n) is 4.13. The van der Waals surface area contributed by atoms with E-state index in [9.17, 15) is 4.21 Å². The van der Waals surface area contributed by atoms with Gasteiger partial charge in [-0.05, 0) is 49.4 Å². The van der Waals surface area contributed by atoms with Gasteiger partial charge in [-0.2, -0.15) is 0 Å². The Morgan fingerprint density at radius 3 is 2.75 bits per heavy atom. The molecule has 0 bridgehead atoms. The minimum absolute atomic E-state index is 0.171. The van der Waals surface area contributed by atoms with Gasteiger partial charge in [-0.1, -0.05) is 38.4 Å². The van der Waals surface area contributed by atoms with E-state index in [0.717, 1.165) is 24.3 Å². The maximum absolute atomic E-state index is 13.0. The van der Waals surface area contributed by atoms with E-state index in [1.165, 1.54) is 0 Å². The molecular weight excluding hydrogens is 290 g/mol. The van der Waals surface area contributed by atoms with Crippen molar-refractivity contribution < 1.29 is 4.21 Å². The summed E-state index contributed by atoms with van der Waals surface area (Å²) in [5.41, 5.74) is 0. The van der Waals surface area contributed by atoms with E-state index in [4.69, 9.17) is 11.6 Å². The third kappa shape index (κ3) is 3.63. The Morgan fingerprint density at radius 1 is 1.35 bits per heavy atom. The van der Waals surface area contributed by atoms with Crippen LogP contribution in [0.2, 0.25) is 5.02 Å². The molecule has 1 aliphatic carbocycles. The van der Waals surface area contributed by atoms with Crippen LogP contribution in [0.3, 0.4) is 0 Å². The number of nitrogens with one attached hydrogen (secondary N) is 1. The Bertz CT molecular complexity index is 479. The molecule has 2 nitrogen and oxygen atoms in total. The Kier molecular flexibility index (Phi) is 5.65. The lowest BCUT2D eigenvalue weighted by molar-refractivity contribution is 0.248. The number of hydrogen-bond acceptors (Lipinski definition) is 2. The zero-order valence-electron chi connectivity index (χ0n) is 12.4. The molecule has 20 heavy (non-hydrogen) atoms. The number of rotatable bonds is 4. The first-order valence-electron chi connectivity index (χ1n) is 7.42. The second kappa shape index (κ2) is 7.06. The van der Waals surface area contributed by atoms with Gasteiger partial charge in [0.2, 0.25) is 0 Å². The van der Waals surface area contributed by atoms with Crippen molar-refractivity contribution >= 4 is 22.4 Å². The molecule has 1 N–H and O–H groups in total. The van der Waals surface area contributed by atoms with Crippen LogP contribution in [0.4, 0.5) is 0 Å². The van der Waals surface area contributed by atoms with Crippen LogP contribution in [0.25, 0.3) is 0 Å². The molecule has 1 aromatic rings. The van der Waals surface area contributed by atoms with Crippen LogP contribution in [0.15, 0.2) is 29.2 Å². The average molecular weight is 314 g/mol. The Balaban J connectivity index is 2.24. The summed E-state index contributed by atoms with van der Waals surface area (Å²) >= 11 is 6.03. The summed E-state index contributed by atoms with van der Waals surface area (Å²) in [6.45, 7) is 7.56. The minimum Gasteiger partial charge on any atom is -0.313 e. The lowest BCUT2D eigenvalue weighted by atomic mass is 9.80. The summed E-state index contributed by atoms with van der Waals surface area (Å²) in [5, 5.41) is 4.37. The number of benzene rings is 1. The van der Waals surface area contributed by atoms with Crippen LogP contribution < -0.4 is 5.32 Å². The topological polar surface area (TPSA) is 29.1 Å². The zero-order valence-corrected chi connectivity index (χ0v) is 14.0. The maximum atomic E-state index is 13.0. The third-order valence-corrected chi connectivity index (χ3v) is 6.37. The molecule has 1 aliphatic rings. The molecule has 1 saturated carbocycles. The van der Waals surface area contributed by atoms with Gasteiger partial charge in [-0.3, -0.25) is 4.21 Å². The van der Waals surface area contributed by atoms with Gasteiger partial charge in [0.05, 0.1) is 16.0 Å². The molecule has 112 valence electrons. The summed E-state index contributed by atoms with van der Waals surface area (Å²) < 4.78 is 13.0. The normalized spacial score (nSPS) is 32.0. The molecule has 0 heterocycles. The van der Waals surface area contributed by atoms with E-state index >= 15 is 0 Å². The van der Waals surface area contributed by atoms with Crippen molar-refractivity contribution in [2.75, 3.05) is 6.54 Å². The molecule has 2 rings (SSSR count). The van der Waals surface area contributed by atoms with E-state index in [-0.39, 0.29) is 5.25 Å². The first kappa shape index (κ1) is 16.0. The highest BCUT2D eigenvalue weighted by molar-refractivity contribution is 7.85. The zero-order chi connectivity index (χ0) is 14.7. The van der Waals surface area contributed by atoms with Crippen LogP contribution in [0.1, 0.15) is 33.6 Å². The quantitative estimate of drug-likeness (QED) is 0.914.